The minimum atomic E-state index is -0.645. The summed E-state index contributed by atoms with van der Waals surface area (Å²) in [6.45, 7) is 8.53. The van der Waals surface area contributed by atoms with E-state index in [2.05, 4.69) is 30.9 Å². The van der Waals surface area contributed by atoms with Crippen LogP contribution in [0.25, 0.3) is 0 Å². The fourth-order valence-electron chi connectivity index (χ4n) is 4.54. The van der Waals surface area contributed by atoms with Crippen molar-refractivity contribution in [3.8, 4) is 0 Å². The Labute approximate surface area is 188 Å². The number of Topliss-reactive ketones (excluding diaryl/α,β-unsaturated/α-hetero) is 1. The number of nitrogens with one attached hydrogen (secondary N) is 1. The molecule has 3 aromatic carbocycles. The van der Waals surface area contributed by atoms with E-state index in [0.29, 0.717) is 23.0 Å². The fourth-order valence-corrected chi connectivity index (χ4v) is 4.66. The highest BCUT2D eigenvalue weighted by Crippen LogP contribution is 2.37. The maximum atomic E-state index is 13.9. The van der Waals surface area contributed by atoms with Crippen molar-refractivity contribution in [2.24, 2.45) is 0 Å². The van der Waals surface area contributed by atoms with Crippen molar-refractivity contribution in [3.63, 3.8) is 0 Å². The lowest BCUT2D eigenvalue weighted by molar-refractivity contribution is 0.0965. The van der Waals surface area contributed by atoms with E-state index in [1.807, 2.05) is 43.0 Å². The van der Waals surface area contributed by atoms with E-state index in [1.165, 1.54) is 0 Å². The molecule has 0 aromatic heterocycles. The third-order valence-corrected chi connectivity index (χ3v) is 6.17. The SMILES string of the molecule is Cc1cccc(C)c1N1CC(=N)N(c2c(C)cccc2C)C1C(=O)c1ccc(Cl)cc1. The molecule has 0 bridgehead atoms. The lowest BCUT2D eigenvalue weighted by Crippen LogP contribution is -2.47. The summed E-state index contributed by atoms with van der Waals surface area (Å²) >= 11 is 6.07. The third-order valence-electron chi connectivity index (χ3n) is 5.92. The first-order valence-corrected chi connectivity index (χ1v) is 10.7. The number of hydrogen-bond donors (Lipinski definition) is 1. The first-order valence-electron chi connectivity index (χ1n) is 10.3. The van der Waals surface area contributed by atoms with Crippen molar-refractivity contribution < 1.29 is 4.79 Å². The number of aryl methyl sites for hydroxylation is 4. The van der Waals surface area contributed by atoms with Crippen molar-refractivity contribution in [1.29, 1.82) is 5.41 Å². The molecule has 1 N–H and O–H groups in total. The number of carbonyl (C=O) groups excluding carboxylic acids is 1. The van der Waals surface area contributed by atoms with E-state index in [0.717, 1.165) is 33.6 Å². The molecule has 1 heterocycles. The summed E-state index contributed by atoms with van der Waals surface area (Å²) in [7, 11) is 0. The Morgan fingerprint density at radius 3 is 1.84 bits per heavy atom. The van der Waals surface area contributed by atoms with Gasteiger partial charge in [0.2, 0.25) is 5.78 Å². The van der Waals surface area contributed by atoms with Gasteiger partial charge in [-0.3, -0.25) is 15.1 Å². The molecule has 1 fully saturated rings. The first-order chi connectivity index (χ1) is 14.8. The molecule has 4 nitrogen and oxygen atoms in total. The highest BCUT2D eigenvalue weighted by atomic mass is 35.5. The monoisotopic (exact) mass is 431 g/mol. The van der Waals surface area contributed by atoms with Crippen LogP contribution in [-0.2, 0) is 0 Å². The molecule has 1 unspecified atom stereocenters. The number of para-hydroxylation sites is 2. The molecule has 0 spiro atoms. The normalized spacial score (nSPS) is 16.2. The van der Waals surface area contributed by atoms with Crippen LogP contribution in [-0.4, -0.2) is 24.3 Å². The van der Waals surface area contributed by atoms with E-state index in [9.17, 15) is 4.79 Å². The van der Waals surface area contributed by atoms with Gasteiger partial charge in [0, 0.05) is 16.3 Å². The van der Waals surface area contributed by atoms with E-state index >= 15 is 0 Å². The molecular weight excluding hydrogens is 406 g/mol. The van der Waals surface area contributed by atoms with Crippen LogP contribution in [0, 0.1) is 33.1 Å². The molecule has 31 heavy (non-hydrogen) atoms. The van der Waals surface area contributed by atoms with Crippen LogP contribution in [0.3, 0.4) is 0 Å². The molecule has 0 saturated carbocycles. The van der Waals surface area contributed by atoms with Gasteiger partial charge in [0.15, 0.2) is 6.17 Å². The first kappa shape index (κ1) is 21.1. The Balaban J connectivity index is 1.91. The van der Waals surface area contributed by atoms with Crippen LogP contribution >= 0.6 is 11.6 Å². The average Bonchev–Trinajstić information content (AvgIpc) is 3.04. The van der Waals surface area contributed by atoms with Gasteiger partial charge >= 0.3 is 0 Å². The topological polar surface area (TPSA) is 47.4 Å². The van der Waals surface area contributed by atoms with Crippen molar-refractivity contribution in [2.45, 2.75) is 33.9 Å². The average molecular weight is 432 g/mol. The Morgan fingerprint density at radius 1 is 0.839 bits per heavy atom. The van der Waals surface area contributed by atoms with Gasteiger partial charge in [-0.15, -0.1) is 0 Å². The summed E-state index contributed by atoms with van der Waals surface area (Å²) in [6, 6.07) is 19.2. The molecule has 1 atom stereocenters. The van der Waals surface area contributed by atoms with E-state index in [-0.39, 0.29) is 5.78 Å². The molecule has 4 rings (SSSR count). The predicted molar refractivity (Wildman–Crippen MR) is 129 cm³/mol. The lowest BCUT2D eigenvalue weighted by atomic mass is 10.0. The highest BCUT2D eigenvalue weighted by molar-refractivity contribution is 6.30. The third kappa shape index (κ3) is 3.72. The van der Waals surface area contributed by atoms with Crippen molar-refractivity contribution >= 4 is 34.6 Å². The van der Waals surface area contributed by atoms with Gasteiger partial charge in [0.1, 0.15) is 5.84 Å². The molecular formula is C26H26ClN3O. The summed E-state index contributed by atoms with van der Waals surface area (Å²) in [6.07, 6.45) is -0.645. The van der Waals surface area contributed by atoms with Crippen LogP contribution in [0.5, 0.6) is 0 Å². The van der Waals surface area contributed by atoms with E-state index in [1.54, 1.807) is 24.3 Å². The van der Waals surface area contributed by atoms with Gasteiger partial charge < -0.3 is 4.90 Å². The van der Waals surface area contributed by atoms with Gasteiger partial charge in [0.05, 0.1) is 12.2 Å². The fraction of sp³-hybridized carbons (Fsp3) is 0.231. The van der Waals surface area contributed by atoms with Gasteiger partial charge in [0.25, 0.3) is 0 Å². The van der Waals surface area contributed by atoms with Gasteiger partial charge in [-0.1, -0.05) is 48.0 Å². The number of ketones is 1. The smallest absolute Gasteiger partial charge is 0.206 e. The lowest BCUT2D eigenvalue weighted by Gasteiger charge is -2.34. The zero-order valence-corrected chi connectivity index (χ0v) is 19.0. The maximum Gasteiger partial charge on any atom is 0.206 e. The second-order valence-electron chi connectivity index (χ2n) is 8.17. The maximum absolute atomic E-state index is 13.9. The van der Waals surface area contributed by atoms with E-state index in [4.69, 9.17) is 17.0 Å². The second-order valence-corrected chi connectivity index (χ2v) is 8.61. The molecule has 5 heteroatoms. The van der Waals surface area contributed by atoms with E-state index < -0.39 is 6.17 Å². The second kappa shape index (κ2) is 8.20. The largest absolute Gasteiger partial charge is 0.336 e. The minimum absolute atomic E-state index is 0.0516. The van der Waals surface area contributed by atoms with Crippen LogP contribution < -0.4 is 9.80 Å². The summed E-state index contributed by atoms with van der Waals surface area (Å²) in [5.74, 6) is 0.358. The van der Waals surface area contributed by atoms with Crippen molar-refractivity contribution in [1.82, 2.24) is 0 Å². The summed E-state index contributed by atoms with van der Waals surface area (Å²) in [4.78, 5) is 17.9. The van der Waals surface area contributed by atoms with Gasteiger partial charge in [-0.05, 0) is 74.2 Å². The Bertz CT molecular complexity index is 1130. The Kier molecular flexibility index (Phi) is 5.59. The van der Waals surface area contributed by atoms with Gasteiger partial charge in [-0.25, -0.2) is 0 Å². The number of nitrogens with zero attached hydrogens (tertiary/aromatic N) is 2. The molecule has 0 aliphatic carbocycles. The number of amidine groups is 1. The molecule has 1 aliphatic rings. The van der Waals surface area contributed by atoms with Crippen LogP contribution in [0.1, 0.15) is 32.6 Å². The molecule has 0 radical (unpaired) electrons. The standard InChI is InChI=1S/C26H26ClN3O/c1-16-7-5-8-17(2)23(16)29-15-22(28)30(24-18(3)9-6-10-19(24)4)26(29)25(31)20-11-13-21(27)14-12-20/h5-14,26,28H,15H2,1-4H3. The van der Waals surface area contributed by atoms with Gasteiger partial charge in [-0.2, -0.15) is 0 Å². The molecule has 1 saturated heterocycles. The van der Waals surface area contributed by atoms with Crippen LogP contribution in [0.4, 0.5) is 11.4 Å². The number of hydrogen-bond acceptors (Lipinski definition) is 3. The van der Waals surface area contributed by atoms with Crippen LogP contribution in [0.15, 0.2) is 60.7 Å². The zero-order chi connectivity index (χ0) is 22.3. The zero-order valence-electron chi connectivity index (χ0n) is 18.2. The molecule has 3 aromatic rings. The number of halogens is 1. The van der Waals surface area contributed by atoms with Crippen molar-refractivity contribution in [2.75, 3.05) is 16.3 Å². The molecule has 158 valence electrons. The summed E-state index contributed by atoms with van der Waals surface area (Å²) in [5, 5.41) is 9.48. The molecule has 1 aliphatic heterocycles. The Hall–Kier alpha value is -3.11. The highest BCUT2D eigenvalue weighted by Gasteiger charge is 2.43. The summed E-state index contributed by atoms with van der Waals surface area (Å²) < 4.78 is 0. The number of benzene rings is 3. The van der Waals surface area contributed by atoms with Crippen molar-refractivity contribution in [3.05, 3.63) is 93.5 Å². The number of carbonyl (C=O) groups is 1. The number of rotatable bonds is 4. The Morgan fingerprint density at radius 2 is 1.32 bits per heavy atom. The quantitative estimate of drug-likeness (QED) is 0.508. The minimum Gasteiger partial charge on any atom is -0.336 e. The number of anilines is 2. The predicted octanol–water partition coefficient (Wildman–Crippen LogP) is 6.09. The molecule has 0 amide bonds. The summed E-state index contributed by atoms with van der Waals surface area (Å²) in [5.41, 5.74) is 6.78. The van der Waals surface area contributed by atoms with Crippen LogP contribution in [0.2, 0.25) is 5.02 Å².